The molecule has 1 aliphatic carbocycles. The number of nitrogen functional groups attached to an aromatic ring is 1. The smallest absolute Gasteiger partial charge is 0.149 e. The number of nitrogens with zero attached hydrogens (tertiary/aromatic N) is 1. The first-order valence-electron chi connectivity index (χ1n) is 6.57. The predicted octanol–water partition coefficient (Wildman–Crippen LogP) is 3.21. The molecule has 0 spiro atoms. The highest BCUT2D eigenvalue weighted by molar-refractivity contribution is 5.61. The van der Waals surface area contributed by atoms with E-state index < -0.39 is 0 Å². The van der Waals surface area contributed by atoms with Crippen LogP contribution in [-0.4, -0.2) is 11.0 Å². The number of nitrogens with one attached hydrogen (secondary N) is 1. The molecule has 3 N–H and O–H groups in total. The largest absolute Gasteiger partial charge is 0.396 e. The molecule has 1 aromatic heterocycles. The van der Waals surface area contributed by atoms with Gasteiger partial charge in [-0.15, -0.1) is 0 Å². The molecular formula is C14H23N3. The van der Waals surface area contributed by atoms with Crippen molar-refractivity contribution in [3.63, 3.8) is 0 Å². The number of anilines is 2. The van der Waals surface area contributed by atoms with E-state index in [1.807, 2.05) is 19.1 Å². The Kier molecular flexibility index (Phi) is 3.55. The van der Waals surface area contributed by atoms with Gasteiger partial charge < -0.3 is 11.1 Å². The summed E-state index contributed by atoms with van der Waals surface area (Å²) >= 11 is 0. The van der Waals surface area contributed by atoms with E-state index in [1.165, 1.54) is 19.3 Å². The molecule has 1 heterocycles. The second kappa shape index (κ2) is 4.94. The van der Waals surface area contributed by atoms with Gasteiger partial charge in [0.05, 0.1) is 5.69 Å². The molecule has 1 saturated carbocycles. The monoisotopic (exact) mass is 233 g/mol. The van der Waals surface area contributed by atoms with Crippen molar-refractivity contribution in [2.24, 2.45) is 11.8 Å². The topological polar surface area (TPSA) is 50.9 Å². The highest BCUT2D eigenvalue weighted by Gasteiger charge is 2.27. The maximum Gasteiger partial charge on any atom is 0.149 e. The van der Waals surface area contributed by atoms with E-state index in [1.54, 1.807) is 0 Å². The zero-order valence-corrected chi connectivity index (χ0v) is 11.0. The zero-order valence-electron chi connectivity index (χ0n) is 11.0. The Labute approximate surface area is 104 Å². The summed E-state index contributed by atoms with van der Waals surface area (Å²) in [6, 6.07) is 4.39. The van der Waals surface area contributed by atoms with Crippen LogP contribution < -0.4 is 11.1 Å². The van der Waals surface area contributed by atoms with Crippen LogP contribution in [0.1, 0.15) is 38.8 Å². The molecule has 1 aromatic rings. The lowest BCUT2D eigenvalue weighted by Crippen LogP contribution is -2.35. The van der Waals surface area contributed by atoms with Crippen LogP contribution >= 0.6 is 0 Å². The van der Waals surface area contributed by atoms with Crippen LogP contribution in [0, 0.1) is 18.8 Å². The molecule has 1 fully saturated rings. The van der Waals surface area contributed by atoms with Crippen LogP contribution in [0.4, 0.5) is 11.5 Å². The van der Waals surface area contributed by atoms with Crippen molar-refractivity contribution >= 4 is 11.5 Å². The molecule has 0 aliphatic heterocycles. The van der Waals surface area contributed by atoms with E-state index in [-0.39, 0.29) is 0 Å². The van der Waals surface area contributed by atoms with Gasteiger partial charge in [0.2, 0.25) is 0 Å². The average molecular weight is 233 g/mol. The van der Waals surface area contributed by atoms with Gasteiger partial charge in [-0.05, 0) is 37.3 Å². The SMILES string of the molecule is Cc1ccc(N)c(NC2CCCC(C)C2C)n1. The Morgan fingerprint density at radius 2 is 2.06 bits per heavy atom. The fourth-order valence-electron chi connectivity index (χ4n) is 2.64. The first-order chi connectivity index (χ1) is 8.08. The lowest BCUT2D eigenvalue weighted by atomic mass is 9.78. The van der Waals surface area contributed by atoms with Gasteiger partial charge in [0.25, 0.3) is 0 Å². The van der Waals surface area contributed by atoms with Crippen LogP contribution in [0.5, 0.6) is 0 Å². The van der Waals surface area contributed by atoms with Crippen LogP contribution in [0.15, 0.2) is 12.1 Å². The second-order valence-corrected chi connectivity index (χ2v) is 5.41. The van der Waals surface area contributed by atoms with Gasteiger partial charge in [-0.25, -0.2) is 4.98 Å². The molecule has 3 nitrogen and oxygen atoms in total. The first kappa shape index (κ1) is 12.2. The van der Waals surface area contributed by atoms with Gasteiger partial charge in [-0.3, -0.25) is 0 Å². The molecule has 17 heavy (non-hydrogen) atoms. The molecule has 0 radical (unpaired) electrons. The highest BCUT2D eigenvalue weighted by atomic mass is 15.0. The Hall–Kier alpha value is -1.25. The third kappa shape index (κ3) is 2.71. The van der Waals surface area contributed by atoms with E-state index in [0.717, 1.165) is 23.1 Å². The van der Waals surface area contributed by atoms with E-state index in [2.05, 4.69) is 24.1 Å². The average Bonchev–Trinajstić information content (AvgIpc) is 2.30. The molecule has 0 saturated heterocycles. The van der Waals surface area contributed by atoms with Crippen molar-refractivity contribution < 1.29 is 0 Å². The van der Waals surface area contributed by atoms with Gasteiger partial charge in [0, 0.05) is 11.7 Å². The summed E-state index contributed by atoms with van der Waals surface area (Å²) in [5, 5.41) is 3.53. The molecule has 0 bridgehead atoms. The van der Waals surface area contributed by atoms with Gasteiger partial charge in [0.1, 0.15) is 5.82 Å². The van der Waals surface area contributed by atoms with Crippen molar-refractivity contribution in [1.82, 2.24) is 4.98 Å². The van der Waals surface area contributed by atoms with Crippen molar-refractivity contribution in [3.8, 4) is 0 Å². The number of pyridine rings is 1. The fraction of sp³-hybridized carbons (Fsp3) is 0.643. The maximum atomic E-state index is 5.96. The lowest BCUT2D eigenvalue weighted by molar-refractivity contribution is 0.253. The molecule has 3 heteroatoms. The number of rotatable bonds is 2. The van der Waals surface area contributed by atoms with Crippen LogP contribution in [-0.2, 0) is 0 Å². The fourth-order valence-corrected chi connectivity index (χ4v) is 2.64. The normalized spacial score (nSPS) is 29.0. The molecule has 0 amide bonds. The van der Waals surface area contributed by atoms with Crippen molar-refractivity contribution in [1.29, 1.82) is 0 Å². The first-order valence-corrected chi connectivity index (χ1v) is 6.57. The lowest BCUT2D eigenvalue weighted by Gasteiger charge is -2.35. The summed E-state index contributed by atoms with van der Waals surface area (Å²) in [6.07, 6.45) is 3.87. The summed E-state index contributed by atoms with van der Waals surface area (Å²) in [6.45, 7) is 6.66. The van der Waals surface area contributed by atoms with Gasteiger partial charge in [0.15, 0.2) is 0 Å². The van der Waals surface area contributed by atoms with E-state index in [4.69, 9.17) is 5.73 Å². The standard InChI is InChI=1S/C14H23N3/c1-9-5-4-6-13(11(9)3)17-14-12(15)8-7-10(2)16-14/h7-9,11,13H,4-6,15H2,1-3H3,(H,16,17). The molecule has 2 rings (SSSR count). The number of aryl methyl sites for hydroxylation is 1. The summed E-state index contributed by atoms with van der Waals surface area (Å²) in [7, 11) is 0. The van der Waals surface area contributed by atoms with Gasteiger partial charge in [-0.2, -0.15) is 0 Å². The minimum atomic E-state index is 0.510. The van der Waals surface area contributed by atoms with Crippen LogP contribution in [0.25, 0.3) is 0 Å². The van der Waals surface area contributed by atoms with E-state index >= 15 is 0 Å². The Balaban J connectivity index is 2.11. The van der Waals surface area contributed by atoms with Crippen molar-refractivity contribution in [2.75, 3.05) is 11.1 Å². The summed E-state index contributed by atoms with van der Waals surface area (Å²) in [4.78, 5) is 4.49. The third-order valence-corrected chi connectivity index (χ3v) is 4.09. The minimum absolute atomic E-state index is 0.510. The van der Waals surface area contributed by atoms with E-state index in [0.29, 0.717) is 12.0 Å². The third-order valence-electron chi connectivity index (χ3n) is 4.09. The highest BCUT2D eigenvalue weighted by Crippen LogP contribution is 2.32. The van der Waals surface area contributed by atoms with Crippen LogP contribution in [0.3, 0.4) is 0 Å². The van der Waals surface area contributed by atoms with E-state index in [9.17, 15) is 0 Å². The zero-order chi connectivity index (χ0) is 12.4. The van der Waals surface area contributed by atoms with Crippen molar-refractivity contribution in [2.45, 2.75) is 46.1 Å². The number of hydrogen-bond acceptors (Lipinski definition) is 3. The minimum Gasteiger partial charge on any atom is -0.396 e. The predicted molar refractivity (Wildman–Crippen MR) is 73.0 cm³/mol. The second-order valence-electron chi connectivity index (χ2n) is 5.41. The summed E-state index contributed by atoms with van der Waals surface area (Å²) in [5.41, 5.74) is 7.72. The Morgan fingerprint density at radius 1 is 1.29 bits per heavy atom. The number of aromatic nitrogens is 1. The van der Waals surface area contributed by atoms with Gasteiger partial charge >= 0.3 is 0 Å². The molecule has 3 atom stereocenters. The number of nitrogens with two attached hydrogens (primary N) is 1. The van der Waals surface area contributed by atoms with Crippen molar-refractivity contribution in [3.05, 3.63) is 17.8 Å². The Morgan fingerprint density at radius 3 is 2.82 bits per heavy atom. The molecule has 0 aromatic carbocycles. The van der Waals surface area contributed by atoms with Gasteiger partial charge in [-0.1, -0.05) is 26.7 Å². The quantitative estimate of drug-likeness (QED) is 0.824. The molecule has 3 unspecified atom stereocenters. The summed E-state index contributed by atoms with van der Waals surface area (Å²) in [5.74, 6) is 2.33. The molecule has 94 valence electrons. The maximum absolute atomic E-state index is 5.96. The molecular weight excluding hydrogens is 210 g/mol. The van der Waals surface area contributed by atoms with Crippen LogP contribution in [0.2, 0.25) is 0 Å². The summed E-state index contributed by atoms with van der Waals surface area (Å²) < 4.78 is 0. The number of hydrogen-bond donors (Lipinski definition) is 2. The molecule has 1 aliphatic rings. The Bertz CT molecular complexity index is 389.